The summed E-state index contributed by atoms with van der Waals surface area (Å²) in [5, 5.41) is 3.54. The second-order valence-electron chi connectivity index (χ2n) is 5.52. The molecule has 1 aromatic heterocycles. The average Bonchev–Trinajstić information content (AvgIpc) is 2.50. The molecular formula is C17H20N2O2. The number of hydrogen-bond acceptors (Lipinski definition) is 3. The lowest BCUT2D eigenvalue weighted by atomic mass is 9.87. The Hall–Kier alpha value is -2.23. The fourth-order valence-electron chi connectivity index (χ4n) is 2.95. The molecule has 110 valence electrons. The topological polar surface area (TPSA) is 43.3 Å². The number of rotatable bonds is 3. The Kier molecular flexibility index (Phi) is 3.69. The maximum Gasteiger partial charge on any atom is 0.250 e. The Morgan fingerprint density at radius 3 is 2.90 bits per heavy atom. The highest BCUT2D eigenvalue weighted by molar-refractivity contribution is 5.47. The van der Waals surface area contributed by atoms with Gasteiger partial charge in [0.1, 0.15) is 5.75 Å². The molecule has 1 heterocycles. The number of aryl methyl sites for hydroxylation is 2. The van der Waals surface area contributed by atoms with E-state index in [0.29, 0.717) is 0 Å². The summed E-state index contributed by atoms with van der Waals surface area (Å²) in [6.45, 7) is 0. The highest BCUT2D eigenvalue weighted by Gasteiger charge is 2.20. The van der Waals surface area contributed by atoms with Gasteiger partial charge in [-0.25, -0.2) is 0 Å². The molecule has 1 aliphatic rings. The second-order valence-corrected chi connectivity index (χ2v) is 5.52. The van der Waals surface area contributed by atoms with Crippen molar-refractivity contribution < 1.29 is 4.74 Å². The van der Waals surface area contributed by atoms with Gasteiger partial charge in [0, 0.05) is 19.3 Å². The van der Waals surface area contributed by atoms with E-state index >= 15 is 0 Å². The van der Waals surface area contributed by atoms with E-state index in [1.165, 1.54) is 11.1 Å². The lowest BCUT2D eigenvalue weighted by Gasteiger charge is -2.27. The molecule has 4 nitrogen and oxygen atoms in total. The van der Waals surface area contributed by atoms with Crippen molar-refractivity contribution in [3.63, 3.8) is 0 Å². The third-order valence-electron chi connectivity index (χ3n) is 4.09. The van der Waals surface area contributed by atoms with Crippen molar-refractivity contribution in [1.29, 1.82) is 0 Å². The molecule has 1 N–H and O–H groups in total. The summed E-state index contributed by atoms with van der Waals surface area (Å²) in [5.74, 6) is 0.913. The van der Waals surface area contributed by atoms with Gasteiger partial charge in [0.2, 0.25) is 5.56 Å². The predicted octanol–water partition coefficient (Wildman–Crippen LogP) is 2.88. The van der Waals surface area contributed by atoms with E-state index in [1.54, 1.807) is 24.8 Å². The van der Waals surface area contributed by atoms with Crippen molar-refractivity contribution in [3.8, 4) is 5.75 Å². The quantitative estimate of drug-likeness (QED) is 0.942. The number of aromatic nitrogens is 1. The van der Waals surface area contributed by atoms with E-state index in [9.17, 15) is 4.79 Å². The molecule has 0 aliphatic heterocycles. The molecule has 0 spiro atoms. The first-order valence-corrected chi connectivity index (χ1v) is 7.27. The van der Waals surface area contributed by atoms with Gasteiger partial charge in [0.15, 0.2) is 0 Å². The minimum absolute atomic E-state index is 0.00864. The van der Waals surface area contributed by atoms with Gasteiger partial charge in [-0.1, -0.05) is 6.07 Å². The lowest BCUT2D eigenvalue weighted by molar-refractivity contribution is 0.413. The number of anilines is 1. The Labute approximate surface area is 124 Å². The molecule has 0 amide bonds. The monoisotopic (exact) mass is 284 g/mol. The van der Waals surface area contributed by atoms with Gasteiger partial charge < -0.3 is 14.6 Å². The minimum atomic E-state index is 0.00864. The maximum absolute atomic E-state index is 11.5. The molecule has 0 bridgehead atoms. The fourth-order valence-corrected chi connectivity index (χ4v) is 2.95. The number of benzene rings is 1. The molecule has 0 saturated heterocycles. The first-order chi connectivity index (χ1) is 10.2. The highest BCUT2D eigenvalue weighted by Crippen LogP contribution is 2.34. The van der Waals surface area contributed by atoms with Crippen molar-refractivity contribution in [1.82, 2.24) is 4.57 Å². The molecule has 2 aromatic rings. The van der Waals surface area contributed by atoms with Crippen LogP contribution in [0.2, 0.25) is 0 Å². The van der Waals surface area contributed by atoms with E-state index < -0.39 is 0 Å². The third-order valence-corrected chi connectivity index (χ3v) is 4.09. The number of fused-ring (bicyclic) bond motifs is 1. The van der Waals surface area contributed by atoms with Gasteiger partial charge in [-0.15, -0.1) is 0 Å². The zero-order chi connectivity index (χ0) is 14.8. The van der Waals surface area contributed by atoms with Gasteiger partial charge in [-0.2, -0.15) is 0 Å². The summed E-state index contributed by atoms with van der Waals surface area (Å²) >= 11 is 0. The molecule has 21 heavy (non-hydrogen) atoms. The van der Waals surface area contributed by atoms with Crippen molar-refractivity contribution in [2.24, 2.45) is 7.05 Å². The predicted molar refractivity (Wildman–Crippen MR) is 84.0 cm³/mol. The standard InChI is InChI=1S/C17H20N2O2/c1-19-11-13(6-9-17(19)20)18-16-5-3-4-12-10-14(21-2)7-8-15(12)16/h6-11,16,18H,3-5H2,1-2H3. The van der Waals surface area contributed by atoms with Crippen LogP contribution in [-0.4, -0.2) is 11.7 Å². The Balaban J connectivity index is 1.87. The number of nitrogens with one attached hydrogen (secondary N) is 1. The van der Waals surface area contributed by atoms with E-state index in [-0.39, 0.29) is 11.6 Å². The zero-order valence-electron chi connectivity index (χ0n) is 12.4. The van der Waals surface area contributed by atoms with Gasteiger partial charge in [-0.05, 0) is 48.6 Å². The van der Waals surface area contributed by atoms with Crippen LogP contribution in [0.25, 0.3) is 0 Å². The van der Waals surface area contributed by atoms with Gasteiger partial charge in [0.05, 0.1) is 18.8 Å². The summed E-state index contributed by atoms with van der Waals surface area (Å²) in [6, 6.07) is 10.0. The largest absolute Gasteiger partial charge is 0.497 e. The van der Waals surface area contributed by atoms with Crippen molar-refractivity contribution in [3.05, 3.63) is 58.0 Å². The molecule has 1 atom stereocenters. The van der Waals surface area contributed by atoms with E-state index in [0.717, 1.165) is 30.7 Å². The van der Waals surface area contributed by atoms with Crippen LogP contribution in [0.5, 0.6) is 5.75 Å². The van der Waals surface area contributed by atoms with Gasteiger partial charge >= 0.3 is 0 Å². The SMILES string of the molecule is COc1ccc2c(c1)CCCC2Nc1ccc(=O)n(C)c1. The van der Waals surface area contributed by atoms with Gasteiger partial charge in [0.25, 0.3) is 0 Å². The van der Waals surface area contributed by atoms with Gasteiger partial charge in [-0.3, -0.25) is 4.79 Å². The number of hydrogen-bond donors (Lipinski definition) is 1. The highest BCUT2D eigenvalue weighted by atomic mass is 16.5. The Morgan fingerprint density at radius 2 is 2.14 bits per heavy atom. The van der Waals surface area contributed by atoms with E-state index in [2.05, 4.69) is 17.4 Å². The minimum Gasteiger partial charge on any atom is -0.497 e. The smallest absolute Gasteiger partial charge is 0.250 e. The lowest BCUT2D eigenvalue weighted by Crippen LogP contribution is -2.20. The zero-order valence-corrected chi connectivity index (χ0v) is 12.4. The molecular weight excluding hydrogens is 264 g/mol. The van der Waals surface area contributed by atoms with Crippen LogP contribution in [0, 0.1) is 0 Å². The molecule has 0 saturated carbocycles. The summed E-state index contributed by atoms with van der Waals surface area (Å²) in [4.78, 5) is 11.5. The average molecular weight is 284 g/mol. The molecule has 1 unspecified atom stereocenters. The molecule has 0 radical (unpaired) electrons. The van der Waals surface area contributed by atoms with E-state index in [1.807, 2.05) is 18.3 Å². The number of methoxy groups -OCH3 is 1. The summed E-state index contributed by atoms with van der Waals surface area (Å²) in [5.41, 5.74) is 3.67. The summed E-state index contributed by atoms with van der Waals surface area (Å²) < 4.78 is 6.90. The van der Waals surface area contributed by atoms with Crippen LogP contribution in [0.1, 0.15) is 30.0 Å². The maximum atomic E-state index is 11.5. The number of nitrogens with zero attached hydrogens (tertiary/aromatic N) is 1. The fraction of sp³-hybridized carbons (Fsp3) is 0.353. The summed E-state index contributed by atoms with van der Waals surface area (Å²) in [7, 11) is 3.47. The normalized spacial score (nSPS) is 17.1. The Bertz CT molecular complexity index is 706. The molecule has 1 aromatic carbocycles. The van der Waals surface area contributed by atoms with Crippen molar-refractivity contribution in [2.75, 3.05) is 12.4 Å². The summed E-state index contributed by atoms with van der Waals surface area (Å²) in [6.07, 6.45) is 5.20. The molecule has 4 heteroatoms. The first kappa shape index (κ1) is 13.7. The van der Waals surface area contributed by atoms with Crippen LogP contribution in [0.4, 0.5) is 5.69 Å². The third kappa shape index (κ3) is 2.79. The van der Waals surface area contributed by atoms with Crippen molar-refractivity contribution >= 4 is 5.69 Å². The van der Waals surface area contributed by atoms with Crippen LogP contribution < -0.4 is 15.6 Å². The Morgan fingerprint density at radius 1 is 1.29 bits per heavy atom. The van der Waals surface area contributed by atoms with Crippen LogP contribution in [-0.2, 0) is 13.5 Å². The first-order valence-electron chi connectivity index (χ1n) is 7.27. The van der Waals surface area contributed by atoms with Crippen molar-refractivity contribution in [2.45, 2.75) is 25.3 Å². The van der Waals surface area contributed by atoms with Crippen LogP contribution in [0.15, 0.2) is 41.3 Å². The van der Waals surface area contributed by atoms with E-state index in [4.69, 9.17) is 4.74 Å². The number of ether oxygens (including phenoxy) is 1. The van der Waals surface area contributed by atoms with Crippen LogP contribution >= 0.6 is 0 Å². The molecule has 0 fully saturated rings. The second kappa shape index (κ2) is 5.64. The molecule has 1 aliphatic carbocycles. The molecule has 3 rings (SSSR count). The number of pyridine rings is 1. The van der Waals surface area contributed by atoms with Crippen LogP contribution in [0.3, 0.4) is 0 Å².